The molecule has 154 valence electrons. The highest BCUT2D eigenvalue weighted by Crippen LogP contribution is 2.37. The van der Waals surface area contributed by atoms with E-state index in [4.69, 9.17) is 9.47 Å². The fourth-order valence-electron chi connectivity index (χ4n) is 3.18. The zero-order valence-electron chi connectivity index (χ0n) is 17.2. The van der Waals surface area contributed by atoms with Crippen LogP contribution in [0.2, 0.25) is 0 Å². The van der Waals surface area contributed by atoms with Gasteiger partial charge in [-0.25, -0.2) is 9.78 Å². The van der Waals surface area contributed by atoms with Crippen molar-refractivity contribution in [1.29, 1.82) is 0 Å². The van der Waals surface area contributed by atoms with Gasteiger partial charge in [0.05, 0.1) is 30.1 Å². The van der Waals surface area contributed by atoms with E-state index in [1.165, 1.54) is 11.3 Å². The van der Waals surface area contributed by atoms with Crippen molar-refractivity contribution in [3.63, 3.8) is 0 Å². The average Bonchev–Trinajstić information content (AvgIpc) is 3.28. The van der Waals surface area contributed by atoms with Gasteiger partial charge in [0.15, 0.2) is 0 Å². The molecule has 0 bridgehead atoms. The second-order valence-electron chi connectivity index (χ2n) is 7.00. The van der Waals surface area contributed by atoms with Crippen molar-refractivity contribution in [2.75, 3.05) is 12.4 Å². The van der Waals surface area contributed by atoms with E-state index in [9.17, 15) is 4.79 Å². The molecule has 0 atom stereocenters. The molecule has 0 fully saturated rings. The number of carbonyl (C=O) groups is 1. The van der Waals surface area contributed by atoms with Gasteiger partial charge < -0.3 is 9.47 Å². The summed E-state index contributed by atoms with van der Waals surface area (Å²) in [5.41, 5.74) is 4.66. The minimum absolute atomic E-state index is 0.174. The number of ether oxygens (including phenoxy) is 2. The predicted molar refractivity (Wildman–Crippen MR) is 118 cm³/mol. The van der Waals surface area contributed by atoms with Gasteiger partial charge in [0, 0.05) is 12.4 Å². The number of thiazole rings is 1. The molecule has 1 amide bonds. The number of methoxy groups -OCH3 is 1. The standard InChI is InChI=1S/C22H22N4O3S/c1-13-5-7-17(19(9-13)28-4)21-24-14(2)20(30-21)25-22(27)29-12-15-6-8-18-16(10-15)11-23-26(18)3/h5-11H,12H2,1-4H3,(H,25,27). The van der Waals surface area contributed by atoms with E-state index >= 15 is 0 Å². The van der Waals surface area contributed by atoms with Gasteiger partial charge in [0.25, 0.3) is 0 Å². The number of anilines is 1. The van der Waals surface area contributed by atoms with Gasteiger partial charge in [-0.05, 0) is 49.2 Å². The van der Waals surface area contributed by atoms with E-state index in [2.05, 4.69) is 15.4 Å². The Morgan fingerprint density at radius 2 is 2.03 bits per heavy atom. The lowest BCUT2D eigenvalue weighted by Crippen LogP contribution is -2.13. The largest absolute Gasteiger partial charge is 0.496 e. The molecule has 0 spiro atoms. The lowest BCUT2D eigenvalue weighted by Gasteiger charge is -2.07. The third kappa shape index (κ3) is 3.99. The van der Waals surface area contributed by atoms with Crippen molar-refractivity contribution in [3.05, 3.63) is 59.4 Å². The molecule has 0 saturated carbocycles. The molecule has 0 saturated heterocycles. The van der Waals surface area contributed by atoms with Gasteiger partial charge in [0.2, 0.25) is 0 Å². The number of aromatic nitrogens is 3. The van der Waals surface area contributed by atoms with Gasteiger partial charge in [-0.3, -0.25) is 10.00 Å². The molecule has 0 aliphatic rings. The number of aryl methyl sites for hydroxylation is 3. The van der Waals surface area contributed by atoms with Crippen LogP contribution in [0.5, 0.6) is 5.75 Å². The molecule has 8 heteroatoms. The maximum absolute atomic E-state index is 12.3. The normalized spacial score (nSPS) is 10.9. The molecule has 0 unspecified atom stereocenters. The minimum atomic E-state index is -0.518. The van der Waals surface area contributed by atoms with E-state index in [1.807, 2.05) is 57.3 Å². The van der Waals surface area contributed by atoms with Crippen LogP contribution in [0.4, 0.5) is 9.80 Å². The van der Waals surface area contributed by atoms with Gasteiger partial charge in [0.1, 0.15) is 22.4 Å². The quantitative estimate of drug-likeness (QED) is 0.486. The van der Waals surface area contributed by atoms with Crippen LogP contribution < -0.4 is 10.1 Å². The van der Waals surface area contributed by atoms with Gasteiger partial charge in [-0.2, -0.15) is 5.10 Å². The number of benzene rings is 2. The van der Waals surface area contributed by atoms with E-state index in [1.54, 1.807) is 18.0 Å². The molecule has 2 aromatic carbocycles. The number of amides is 1. The van der Waals surface area contributed by atoms with Crippen LogP contribution >= 0.6 is 11.3 Å². The van der Waals surface area contributed by atoms with Crippen molar-refractivity contribution < 1.29 is 14.3 Å². The highest BCUT2D eigenvalue weighted by atomic mass is 32.1. The Morgan fingerprint density at radius 3 is 2.83 bits per heavy atom. The first-order chi connectivity index (χ1) is 14.4. The molecule has 4 rings (SSSR count). The SMILES string of the molecule is COc1cc(C)ccc1-c1nc(C)c(NC(=O)OCc2ccc3c(cnn3C)c2)s1. The number of nitrogens with one attached hydrogen (secondary N) is 1. The summed E-state index contributed by atoms with van der Waals surface area (Å²) < 4.78 is 12.7. The average molecular weight is 423 g/mol. The fourth-order valence-corrected chi connectivity index (χ4v) is 4.17. The smallest absolute Gasteiger partial charge is 0.412 e. The number of hydrogen-bond acceptors (Lipinski definition) is 6. The van der Waals surface area contributed by atoms with Crippen LogP contribution in [0.15, 0.2) is 42.6 Å². The number of carbonyl (C=O) groups excluding carboxylic acids is 1. The van der Waals surface area contributed by atoms with E-state index in [0.717, 1.165) is 44.0 Å². The van der Waals surface area contributed by atoms with Crippen molar-refractivity contribution in [3.8, 4) is 16.3 Å². The lowest BCUT2D eigenvalue weighted by molar-refractivity contribution is 0.155. The zero-order chi connectivity index (χ0) is 21.3. The molecule has 0 radical (unpaired) electrons. The van der Waals surface area contributed by atoms with Crippen LogP contribution in [0.25, 0.3) is 21.5 Å². The molecular weight excluding hydrogens is 400 g/mol. The highest BCUT2D eigenvalue weighted by molar-refractivity contribution is 7.19. The Labute approximate surface area is 178 Å². The van der Waals surface area contributed by atoms with Gasteiger partial charge in [-0.1, -0.05) is 23.5 Å². The van der Waals surface area contributed by atoms with Crippen molar-refractivity contribution in [2.24, 2.45) is 7.05 Å². The predicted octanol–water partition coefficient (Wildman–Crippen LogP) is 5.07. The monoisotopic (exact) mass is 422 g/mol. The number of rotatable bonds is 5. The van der Waals surface area contributed by atoms with Gasteiger partial charge in [-0.15, -0.1) is 0 Å². The summed E-state index contributed by atoms with van der Waals surface area (Å²) in [5, 5.41) is 9.46. The van der Waals surface area contributed by atoms with Crippen LogP contribution in [-0.2, 0) is 18.4 Å². The lowest BCUT2D eigenvalue weighted by atomic mass is 10.1. The molecule has 0 aliphatic carbocycles. The number of nitrogens with zero attached hydrogens (tertiary/aromatic N) is 3. The zero-order valence-corrected chi connectivity index (χ0v) is 18.0. The summed E-state index contributed by atoms with van der Waals surface area (Å²) in [5.74, 6) is 0.753. The minimum Gasteiger partial charge on any atom is -0.496 e. The summed E-state index contributed by atoms with van der Waals surface area (Å²) in [6.45, 7) is 4.04. The van der Waals surface area contributed by atoms with Crippen molar-refractivity contribution >= 4 is 33.3 Å². The fraction of sp³-hybridized carbons (Fsp3) is 0.227. The second-order valence-corrected chi connectivity index (χ2v) is 8.00. The van der Waals surface area contributed by atoms with Crippen LogP contribution in [0, 0.1) is 13.8 Å². The summed E-state index contributed by atoms with van der Waals surface area (Å²) >= 11 is 1.39. The summed E-state index contributed by atoms with van der Waals surface area (Å²) in [6, 6.07) is 11.8. The van der Waals surface area contributed by atoms with Crippen LogP contribution in [-0.4, -0.2) is 28.0 Å². The molecule has 1 N–H and O–H groups in total. The Balaban J connectivity index is 1.44. The first-order valence-electron chi connectivity index (χ1n) is 9.41. The first-order valence-corrected chi connectivity index (χ1v) is 10.2. The topological polar surface area (TPSA) is 78.3 Å². The Hall–Kier alpha value is -3.39. The molecular formula is C22H22N4O3S. The Bertz CT molecular complexity index is 1230. The highest BCUT2D eigenvalue weighted by Gasteiger charge is 2.16. The molecule has 4 aromatic rings. The summed E-state index contributed by atoms with van der Waals surface area (Å²) in [7, 11) is 3.53. The Morgan fingerprint density at radius 1 is 1.20 bits per heavy atom. The first kappa shape index (κ1) is 19.9. The molecule has 2 aromatic heterocycles. The Kier molecular flexibility index (Phi) is 5.41. The van der Waals surface area contributed by atoms with Gasteiger partial charge >= 0.3 is 6.09 Å². The van der Waals surface area contributed by atoms with Crippen LogP contribution in [0.3, 0.4) is 0 Å². The summed E-state index contributed by atoms with van der Waals surface area (Å²) in [6.07, 6.45) is 1.27. The number of fused-ring (bicyclic) bond motifs is 1. The van der Waals surface area contributed by atoms with Crippen molar-refractivity contribution in [2.45, 2.75) is 20.5 Å². The van der Waals surface area contributed by atoms with Crippen molar-refractivity contribution in [1.82, 2.24) is 14.8 Å². The number of hydrogen-bond donors (Lipinski definition) is 1. The maximum atomic E-state index is 12.3. The third-order valence-corrected chi connectivity index (χ3v) is 5.89. The van der Waals surface area contributed by atoms with E-state index in [-0.39, 0.29) is 6.61 Å². The van der Waals surface area contributed by atoms with Crippen LogP contribution in [0.1, 0.15) is 16.8 Å². The molecule has 7 nitrogen and oxygen atoms in total. The maximum Gasteiger partial charge on any atom is 0.412 e. The molecule has 0 aliphatic heterocycles. The van der Waals surface area contributed by atoms with E-state index in [0.29, 0.717) is 5.00 Å². The molecule has 2 heterocycles. The third-order valence-electron chi connectivity index (χ3n) is 4.78. The van der Waals surface area contributed by atoms with E-state index < -0.39 is 6.09 Å². The molecule has 30 heavy (non-hydrogen) atoms. The summed E-state index contributed by atoms with van der Waals surface area (Å²) in [4.78, 5) is 16.9. The second kappa shape index (κ2) is 8.16.